The van der Waals surface area contributed by atoms with E-state index in [2.05, 4.69) is 22.5 Å². The molecule has 2 heterocycles. The van der Waals surface area contributed by atoms with E-state index in [9.17, 15) is 4.79 Å². The Bertz CT molecular complexity index is 399. The van der Waals surface area contributed by atoms with Gasteiger partial charge in [-0.3, -0.25) is 9.69 Å². The molecule has 2 rings (SSSR count). The zero-order valence-electron chi connectivity index (χ0n) is 12.4. The van der Waals surface area contributed by atoms with Gasteiger partial charge in [0.2, 0.25) is 5.91 Å². The van der Waals surface area contributed by atoms with Crippen LogP contribution in [0, 0.1) is 0 Å². The predicted molar refractivity (Wildman–Crippen MR) is 78.3 cm³/mol. The third kappa shape index (κ3) is 3.84. The van der Waals surface area contributed by atoms with Gasteiger partial charge in [0, 0.05) is 12.6 Å². The maximum Gasteiger partial charge on any atom is 0.237 e. The normalized spacial score (nSPS) is 20.9. The van der Waals surface area contributed by atoms with E-state index in [0.717, 1.165) is 31.8 Å². The van der Waals surface area contributed by atoms with E-state index < -0.39 is 0 Å². The molecule has 0 saturated carbocycles. The van der Waals surface area contributed by atoms with Gasteiger partial charge in [0.15, 0.2) is 0 Å². The van der Waals surface area contributed by atoms with Crippen LogP contribution >= 0.6 is 0 Å². The molecule has 20 heavy (non-hydrogen) atoms. The van der Waals surface area contributed by atoms with Gasteiger partial charge >= 0.3 is 0 Å². The molecule has 1 amide bonds. The van der Waals surface area contributed by atoms with Gasteiger partial charge in [-0.05, 0) is 45.0 Å². The fourth-order valence-electron chi connectivity index (χ4n) is 2.85. The van der Waals surface area contributed by atoms with E-state index in [4.69, 9.17) is 4.42 Å². The molecule has 112 valence electrons. The molecule has 1 aliphatic heterocycles. The van der Waals surface area contributed by atoms with E-state index in [0.29, 0.717) is 12.6 Å². The standard InChI is InChI=1S/C15H25N3O2/c1-3-18(13-6-4-8-16-10-13)12(2)15(19)17-11-14-7-5-9-20-14/h5,7,9,12-13,16H,3-4,6,8,10-11H2,1-2H3,(H,17,19). The average Bonchev–Trinajstić information content (AvgIpc) is 3.00. The molecule has 0 aromatic carbocycles. The first-order valence-corrected chi connectivity index (χ1v) is 7.49. The summed E-state index contributed by atoms with van der Waals surface area (Å²) in [4.78, 5) is 14.5. The summed E-state index contributed by atoms with van der Waals surface area (Å²) in [7, 11) is 0. The average molecular weight is 279 g/mol. The Hall–Kier alpha value is -1.33. The molecule has 0 spiro atoms. The summed E-state index contributed by atoms with van der Waals surface area (Å²) in [5.41, 5.74) is 0. The van der Waals surface area contributed by atoms with E-state index in [1.807, 2.05) is 19.1 Å². The smallest absolute Gasteiger partial charge is 0.237 e. The predicted octanol–water partition coefficient (Wildman–Crippen LogP) is 1.36. The van der Waals surface area contributed by atoms with Crippen LogP contribution in [0.1, 0.15) is 32.4 Å². The number of hydrogen-bond donors (Lipinski definition) is 2. The van der Waals surface area contributed by atoms with Crippen molar-refractivity contribution in [1.82, 2.24) is 15.5 Å². The minimum absolute atomic E-state index is 0.0637. The van der Waals surface area contributed by atoms with Crippen molar-refractivity contribution < 1.29 is 9.21 Å². The first-order valence-electron chi connectivity index (χ1n) is 7.49. The summed E-state index contributed by atoms with van der Waals surface area (Å²) in [6.07, 6.45) is 3.97. The quantitative estimate of drug-likeness (QED) is 0.825. The number of hydrogen-bond acceptors (Lipinski definition) is 4. The van der Waals surface area contributed by atoms with Gasteiger partial charge in [-0.1, -0.05) is 6.92 Å². The number of amides is 1. The van der Waals surface area contributed by atoms with Crippen LogP contribution in [0.4, 0.5) is 0 Å². The fraction of sp³-hybridized carbons (Fsp3) is 0.667. The van der Waals surface area contributed by atoms with Gasteiger partial charge in [-0.2, -0.15) is 0 Å². The molecule has 2 atom stereocenters. The van der Waals surface area contributed by atoms with Crippen molar-refractivity contribution in [2.75, 3.05) is 19.6 Å². The molecule has 1 aromatic heterocycles. The molecule has 0 bridgehead atoms. The molecule has 5 heteroatoms. The van der Waals surface area contributed by atoms with Crippen LogP contribution in [0.15, 0.2) is 22.8 Å². The monoisotopic (exact) mass is 279 g/mol. The second-order valence-electron chi connectivity index (χ2n) is 5.30. The lowest BCUT2D eigenvalue weighted by atomic mass is 10.0. The highest BCUT2D eigenvalue weighted by molar-refractivity contribution is 5.81. The van der Waals surface area contributed by atoms with Crippen LogP contribution < -0.4 is 10.6 Å². The summed E-state index contributed by atoms with van der Waals surface area (Å²) in [6.45, 7) is 7.51. The molecule has 0 aliphatic carbocycles. The van der Waals surface area contributed by atoms with E-state index in [1.54, 1.807) is 6.26 Å². The van der Waals surface area contributed by atoms with E-state index in [-0.39, 0.29) is 11.9 Å². The van der Waals surface area contributed by atoms with Gasteiger partial charge in [-0.15, -0.1) is 0 Å². The summed E-state index contributed by atoms with van der Waals surface area (Å²) in [6, 6.07) is 4.04. The van der Waals surface area contributed by atoms with Crippen molar-refractivity contribution in [1.29, 1.82) is 0 Å². The Kier molecular flexibility index (Phi) is 5.61. The molecule has 1 saturated heterocycles. The Morgan fingerprint density at radius 1 is 1.65 bits per heavy atom. The van der Waals surface area contributed by atoms with Crippen LogP contribution in [0.25, 0.3) is 0 Å². The summed E-state index contributed by atoms with van der Waals surface area (Å²) in [5.74, 6) is 0.849. The van der Waals surface area contributed by atoms with Crippen LogP contribution in [0.3, 0.4) is 0 Å². The van der Waals surface area contributed by atoms with Crippen LogP contribution in [0.2, 0.25) is 0 Å². The number of furan rings is 1. The van der Waals surface area contributed by atoms with Crippen molar-refractivity contribution in [3.05, 3.63) is 24.2 Å². The maximum absolute atomic E-state index is 12.3. The van der Waals surface area contributed by atoms with Crippen LogP contribution in [-0.4, -0.2) is 42.5 Å². The third-order valence-corrected chi connectivity index (χ3v) is 4.00. The topological polar surface area (TPSA) is 57.5 Å². The largest absolute Gasteiger partial charge is 0.467 e. The van der Waals surface area contributed by atoms with Gasteiger partial charge in [0.1, 0.15) is 5.76 Å². The number of nitrogens with one attached hydrogen (secondary N) is 2. The van der Waals surface area contributed by atoms with Gasteiger partial charge in [0.25, 0.3) is 0 Å². The van der Waals surface area contributed by atoms with Gasteiger partial charge in [-0.25, -0.2) is 0 Å². The molecule has 0 radical (unpaired) electrons. The fourth-order valence-corrected chi connectivity index (χ4v) is 2.85. The zero-order chi connectivity index (χ0) is 14.4. The number of carbonyl (C=O) groups excluding carboxylic acids is 1. The molecule has 1 aliphatic rings. The lowest BCUT2D eigenvalue weighted by Gasteiger charge is -2.37. The Morgan fingerprint density at radius 3 is 3.10 bits per heavy atom. The van der Waals surface area contributed by atoms with Gasteiger partial charge in [0.05, 0.1) is 18.8 Å². The third-order valence-electron chi connectivity index (χ3n) is 4.00. The second kappa shape index (κ2) is 7.45. The van der Waals surface area contributed by atoms with Crippen LogP contribution in [-0.2, 0) is 11.3 Å². The highest BCUT2D eigenvalue weighted by atomic mass is 16.3. The van der Waals surface area contributed by atoms with Crippen molar-refractivity contribution in [3.63, 3.8) is 0 Å². The van der Waals surface area contributed by atoms with E-state index >= 15 is 0 Å². The summed E-state index contributed by atoms with van der Waals surface area (Å²) in [5, 5.41) is 6.35. The Labute approximate surface area is 120 Å². The number of carbonyl (C=O) groups is 1. The SMILES string of the molecule is CCN(C1CCCNC1)C(C)C(=O)NCc1ccco1. The first-order chi connectivity index (χ1) is 9.72. The Balaban J connectivity index is 1.86. The van der Waals surface area contributed by atoms with Crippen LogP contribution in [0.5, 0.6) is 0 Å². The van der Waals surface area contributed by atoms with Crippen molar-refractivity contribution >= 4 is 5.91 Å². The minimum atomic E-state index is -0.111. The number of rotatable bonds is 6. The lowest BCUT2D eigenvalue weighted by molar-refractivity contribution is -0.127. The number of likely N-dealkylation sites (N-methyl/N-ethyl adjacent to an activating group) is 1. The molecular weight excluding hydrogens is 254 g/mol. The van der Waals surface area contributed by atoms with Crippen molar-refractivity contribution in [3.8, 4) is 0 Å². The number of nitrogens with zero attached hydrogens (tertiary/aromatic N) is 1. The summed E-state index contributed by atoms with van der Waals surface area (Å²) < 4.78 is 5.23. The molecular formula is C15H25N3O2. The maximum atomic E-state index is 12.3. The molecule has 2 unspecified atom stereocenters. The Morgan fingerprint density at radius 2 is 2.50 bits per heavy atom. The highest BCUT2D eigenvalue weighted by Crippen LogP contribution is 2.13. The lowest BCUT2D eigenvalue weighted by Crippen LogP contribution is -2.54. The van der Waals surface area contributed by atoms with Gasteiger partial charge < -0.3 is 15.1 Å². The summed E-state index contributed by atoms with van der Waals surface area (Å²) >= 11 is 0. The molecule has 1 fully saturated rings. The number of piperidine rings is 1. The van der Waals surface area contributed by atoms with Crippen molar-refractivity contribution in [2.24, 2.45) is 0 Å². The highest BCUT2D eigenvalue weighted by Gasteiger charge is 2.27. The second-order valence-corrected chi connectivity index (χ2v) is 5.30. The minimum Gasteiger partial charge on any atom is -0.467 e. The molecule has 5 nitrogen and oxygen atoms in total. The van der Waals surface area contributed by atoms with E-state index in [1.165, 1.54) is 6.42 Å². The molecule has 1 aromatic rings. The molecule has 2 N–H and O–H groups in total. The zero-order valence-corrected chi connectivity index (χ0v) is 12.4. The van der Waals surface area contributed by atoms with Crippen molar-refractivity contribution in [2.45, 2.75) is 45.3 Å². The first kappa shape index (κ1) is 15.1.